The SMILES string of the molecule is O=C(O)C1CC2(CCN(C(=O)c3ncoc3C3CC3)CC2)CN1. The lowest BCUT2D eigenvalue weighted by molar-refractivity contribution is -0.139. The number of carboxylic acids is 1. The Hall–Kier alpha value is -1.89. The predicted molar refractivity (Wildman–Crippen MR) is 80.1 cm³/mol. The molecular formula is C16H21N3O4. The summed E-state index contributed by atoms with van der Waals surface area (Å²) in [5.41, 5.74) is 0.486. The highest BCUT2D eigenvalue weighted by molar-refractivity contribution is 5.93. The van der Waals surface area contributed by atoms with Crippen molar-refractivity contribution in [2.75, 3.05) is 19.6 Å². The molecule has 0 radical (unpaired) electrons. The summed E-state index contributed by atoms with van der Waals surface area (Å²) in [6.45, 7) is 2.04. The molecule has 1 saturated carbocycles. The van der Waals surface area contributed by atoms with Crippen LogP contribution in [0.1, 0.15) is 54.3 Å². The number of nitrogens with one attached hydrogen (secondary N) is 1. The molecule has 3 heterocycles. The molecule has 1 aromatic rings. The Morgan fingerprint density at radius 1 is 1.35 bits per heavy atom. The molecule has 2 saturated heterocycles. The first-order chi connectivity index (χ1) is 11.1. The van der Waals surface area contributed by atoms with Crippen LogP contribution in [0.5, 0.6) is 0 Å². The van der Waals surface area contributed by atoms with Gasteiger partial charge in [-0.3, -0.25) is 9.59 Å². The van der Waals surface area contributed by atoms with Crippen LogP contribution in [0.15, 0.2) is 10.8 Å². The van der Waals surface area contributed by atoms with E-state index in [0.717, 1.165) is 38.0 Å². The first-order valence-electron chi connectivity index (χ1n) is 8.27. The molecule has 1 spiro atoms. The minimum absolute atomic E-state index is 0.0168. The molecule has 7 heteroatoms. The second-order valence-electron chi connectivity index (χ2n) is 7.11. The average Bonchev–Trinajstić information content (AvgIpc) is 3.12. The summed E-state index contributed by atoms with van der Waals surface area (Å²) in [4.78, 5) is 29.8. The van der Waals surface area contributed by atoms with Gasteiger partial charge in [0.25, 0.3) is 5.91 Å². The van der Waals surface area contributed by atoms with Gasteiger partial charge in [-0.25, -0.2) is 4.98 Å². The number of likely N-dealkylation sites (tertiary alicyclic amines) is 1. The number of carbonyl (C=O) groups excluding carboxylic acids is 1. The molecule has 0 bridgehead atoms. The second kappa shape index (κ2) is 5.33. The smallest absolute Gasteiger partial charge is 0.320 e. The summed E-state index contributed by atoms with van der Waals surface area (Å²) < 4.78 is 5.40. The van der Waals surface area contributed by atoms with Crippen LogP contribution >= 0.6 is 0 Å². The van der Waals surface area contributed by atoms with E-state index >= 15 is 0 Å². The van der Waals surface area contributed by atoms with Crippen LogP contribution in [0.2, 0.25) is 0 Å². The van der Waals surface area contributed by atoms with E-state index in [-0.39, 0.29) is 11.3 Å². The topological polar surface area (TPSA) is 95.7 Å². The zero-order valence-electron chi connectivity index (χ0n) is 13.0. The zero-order chi connectivity index (χ0) is 16.0. The van der Waals surface area contributed by atoms with E-state index in [1.807, 2.05) is 4.90 Å². The largest absolute Gasteiger partial charge is 0.480 e. The average molecular weight is 319 g/mol. The number of aliphatic carboxylic acids is 1. The second-order valence-corrected chi connectivity index (χ2v) is 7.11. The molecule has 2 aliphatic heterocycles. The number of aromatic nitrogens is 1. The molecule has 1 amide bonds. The fraction of sp³-hybridized carbons (Fsp3) is 0.688. The van der Waals surface area contributed by atoms with Crippen molar-refractivity contribution in [1.29, 1.82) is 0 Å². The van der Waals surface area contributed by atoms with Gasteiger partial charge in [0.15, 0.2) is 12.1 Å². The van der Waals surface area contributed by atoms with Crippen LogP contribution in [0.25, 0.3) is 0 Å². The summed E-state index contributed by atoms with van der Waals surface area (Å²) in [5, 5.41) is 12.2. The summed E-state index contributed by atoms with van der Waals surface area (Å²) in [7, 11) is 0. The lowest BCUT2D eigenvalue weighted by atomic mass is 9.76. The molecule has 0 aromatic carbocycles. The number of oxazole rings is 1. The summed E-state index contributed by atoms with van der Waals surface area (Å²) in [5.74, 6) is 0.278. The number of rotatable bonds is 3. The maximum atomic E-state index is 12.7. The maximum absolute atomic E-state index is 12.7. The van der Waals surface area contributed by atoms with E-state index in [1.54, 1.807) is 0 Å². The fourth-order valence-electron chi connectivity index (χ4n) is 3.86. The minimum atomic E-state index is -0.781. The van der Waals surface area contributed by atoms with Crippen molar-refractivity contribution in [3.63, 3.8) is 0 Å². The highest BCUT2D eigenvalue weighted by Crippen LogP contribution is 2.43. The van der Waals surface area contributed by atoms with E-state index in [0.29, 0.717) is 31.1 Å². The molecule has 7 nitrogen and oxygen atoms in total. The molecule has 1 aliphatic carbocycles. The highest BCUT2D eigenvalue weighted by atomic mass is 16.4. The van der Waals surface area contributed by atoms with E-state index < -0.39 is 12.0 Å². The number of piperidine rings is 1. The Morgan fingerprint density at radius 2 is 2.09 bits per heavy atom. The molecule has 2 N–H and O–H groups in total. The zero-order valence-corrected chi connectivity index (χ0v) is 13.0. The summed E-state index contributed by atoms with van der Waals surface area (Å²) >= 11 is 0. The van der Waals surface area contributed by atoms with Crippen LogP contribution in [0, 0.1) is 5.41 Å². The Kier molecular flexibility index (Phi) is 3.41. The molecule has 3 aliphatic rings. The van der Waals surface area contributed by atoms with Crippen LogP contribution in [-0.2, 0) is 4.79 Å². The third-order valence-corrected chi connectivity index (χ3v) is 5.52. The number of carbonyl (C=O) groups is 2. The Morgan fingerprint density at radius 3 is 2.70 bits per heavy atom. The van der Waals surface area contributed by atoms with Crippen molar-refractivity contribution in [2.24, 2.45) is 5.41 Å². The van der Waals surface area contributed by atoms with Crippen molar-refractivity contribution in [3.05, 3.63) is 17.8 Å². The van der Waals surface area contributed by atoms with Crippen LogP contribution in [0.3, 0.4) is 0 Å². The highest BCUT2D eigenvalue weighted by Gasteiger charge is 2.44. The van der Waals surface area contributed by atoms with Gasteiger partial charge in [-0.05, 0) is 37.5 Å². The molecule has 1 aromatic heterocycles. The third kappa shape index (κ3) is 2.63. The quantitative estimate of drug-likeness (QED) is 0.870. The van der Waals surface area contributed by atoms with Gasteiger partial charge in [0.05, 0.1) is 0 Å². The standard InChI is InChI=1S/C16H21N3O4/c20-14(12-13(10-1-2-10)23-9-18-12)19-5-3-16(4-6-19)7-11(15(21)22)17-8-16/h9-11,17H,1-8H2,(H,21,22). The van der Waals surface area contributed by atoms with Gasteiger partial charge in [0.2, 0.25) is 0 Å². The minimum Gasteiger partial charge on any atom is -0.480 e. The number of carboxylic acid groups (broad SMARTS) is 1. The lowest BCUT2D eigenvalue weighted by Crippen LogP contribution is -2.44. The summed E-state index contributed by atoms with van der Waals surface area (Å²) in [6.07, 6.45) is 5.84. The van der Waals surface area contributed by atoms with E-state index in [4.69, 9.17) is 9.52 Å². The molecule has 1 atom stereocenters. The van der Waals surface area contributed by atoms with Crippen LogP contribution < -0.4 is 5.32 Å². The lowest BCUT2D eigenvalue weighted by Gasteiger charge is -2.38. The van der Waals surface area contributed by atoms with Gasteiger partial charge in [-0.2, -0.15) is 0 Å². The van der Waals surface area contributed by atoms with Crippen LogP contribution in [0.4, 0.5) is 0 Å². The Bertz CT molecular complexity index is 629. The van der Waals surface area contributed by atoms with Crippen LogP contribution in [-0.4, -0.2) is 52.5 Å². The maximum Gasteiger partial charge on any atom is 0.320 e. The molecule has 3 fully saturated rings. The van der Waals surface area contributed by atoms with Gasteiger partial charge < -0.3 is 19.7 Å². The normalized spacial score (nSPS) is 26.6. The Labute approximate surface area is 134 Å². The first-order valence-corrected chi connectivity index (χ1v) is 8.27. The van der Waals surface area contributed by atoms with E-state index in [2.05, 4.69) is 10.3 Å². The van der Waals surface area contributed by atoms with Crippen molar-refractivity contribution in [2.45, 2.75) is 44.1 Å². The van der Waals surface area contributed by atoms with Crippen molar-refractivity contribution in [1.82, 2.24) is 15.2 Å². The van der Waals surface area contributed by atoms with Gasteiger partial charge in [-0.15, -0.1) is 0 Å². The monoisotopic (exact) mass is 319 g/mol. The van der Waals surface area contributed by atoms with Gasteiger partial charge >= 0.3 is 5.97 Å². The Balaban J connectivity index is 1.41. The molecule has 1 unspecified atom stereocenters. The van der Waals surface area contributed by atoms with E-state index in [1.165, 1.54) is 6.39 Å². The van der Waals surface area contributed by atoms with Crippen molar-refractivity contribution in [3.8, 4) is 0 Å². The van der Waals surface area contributed by atoms with E-state index in [9.17, 15) is 9.59 Å². The third-order valence-electron chi connectivity index (χ3n) is 5.52. The fourth-order valence-corrected chi connectivity index (χ4v) is 3.86. The predicted octanol–water partition coefficient (Wildman–Crippen LogP) is 1.22. The molecular weight excluding hydrogens is 298 g/mol. The molecule has 124 valence electrons. The van der Waals surface area contributed by atoms with Crippen molar-refractivity contribution < 1.29 is 19.1 Å². The first kappa shape index (κ1) is 14.7. The number of nitrogens with zero attached hydrogens (tertiary/aromatic N) is 2. The van der Waals surface area contributed by atoms with Gasteiger partial charge in [-0.1, -0.05) is 0 Å². The molecule has 4 rings (SSSR count). The number of amides is 1. The summed E-state index contributed by atoms with van der Waals surface area (Å²) in [6, 6.07) is -0.450. The van der Waals surface area contributed by atoms with Crippen molar-refractivity contribution >= 4 is 11.9 Å². The number of hydrogen-bond donors (Lipinski definition) is 2. The number of hydrogen-bond acceptors (Lipinski definition) is 5. The van der Waals surface area contributed by atoms with Gasteiger partial charge in [0, 0.05) is 25.6 Å². The van der Waals surface area contributed by atoms with Gasteiger partial charge in [0.1, 0.15) is 11.8 Å². The molecule has 23 heavy (non-hydrogen) atoms.